The molecule has 0 aromatic heterocycles. The van der Waals surface area contributed by atoms with Crippen LogP contribution in [0, 0.1) is 0 Å². The van der Waals surface area contributed by atoms with Crippen molar-refractivity contribution in [3.05, 3.63) is 65.2 Å². The lowest BCUT2D eigenvalue weighted by molar-refractivity contribution is -0.139. The third kappa shape index (κ3) is 3.65. The van der Waals surface area contributed by atoms with Crippen LogP contribution in [0.3, 0.4) is 0 Å². The molecule has 2 unspecified atom stereocenters. The van der Waals surface area contributed by atoms with Gasteiger partial charge in [-0.2, -0.15) is 0 Å². The summed E-state index contributed by atoms with van der Waals surface area (Å²) in [4.78, 5) is 41.5. The van der Waals surface area contributed by atoms with E-state index in [-0.39, 0.29) is 18.5 Å². The van der Waals surface area contributed by atoms with Crippen LogP contribution in [-0.2, 0) is 21.5 Å². The number of benzene rings is 2. The summed E-state index contributed by atoms with van der Waals surface area (Å²) in [5.41, 5.74) is 1.81. The smallest absolute Gasteiger partial charge is 0.325 e. The van der Waals surface area contributed by atoms with E-state index in [0.29, 0.717) is 11.3 Å². The molecule has 1 aliphatic carbocycles. The molecule has 1 N–H and O–H groups in total. The number of nitrogens with one attached hydrogen (secondary N) is 1. The summed E-state index contributed by atoms with van der Waals surface area (Å²) >= 11 is 0. The number of nitrogens with zero attached hydrogens (tertiary/aromatic N) is 2. The molecule has 0 saturated carbocycles. The highest BCUT2D eigenvalue weighted by Crippen LogP contribution is 2.34. The van der Waals surface area contributed by atoms with E-state index in [1.807, 2.05) is 12.1 Å². The summed E-state index contributed by atoms with van der Waals surface area (Å²) in [7, 11) is 3.31. The van der Waals surface area contributed by atoms with Crippen LogP contribution in [0.5, 0.6) is 5.75 Å². The second kappa shape index (κ2) is 8.06. The number of hydrogen-bond donors (Lipinski definition) is 1. The lowest BCUT2D eigenvalue weighted by atomic mass is 9.87. The monoisotopic (exact) mass is 421 g/mol. The molecule has 2 aliphatic rings. The molecule has 1 saturated heterocycles. The quantitative estimate of drug-likeness (QED) is 0.753. The van der Waals surface area contributed by atoms with Gasteiger partial charge in [-0.1, -0.05) is 36.4 Å². The van der Waals surface area contributed by atoms with E-state index in [4.69, 9.17) is 4.74 Å². The first-order valence-corrected chi connectivity index (χ1v) is 10.5. The van der Waals surface area contributed by atoms with Gasteiger partial charge in [0.15, 0.2) is 0 Å². The Morgan fingerprint density at radius 3 is 2.61 bits per heavy atom. The molecule has 0 bridgehead atoms. The SMILES string of the molecule is COc1ccc(C2(C)NC(=O)N(CC(=O)N(C)C3CCCc4ccccc43)C2=O)cc1. The molecule has 2 atom stereocenters. The van der Waals surface area contributed by atoms with E-state index in [1.54, 1.807) is 50.2 Å². The topological polar surface area (TPSA) is 79.0 Å². The van der Waals surface area contributed by atoms with Crippen molar-refractivity contribution in [1.82, 2.24) is 15.1 Å². The molecule has 162 valence electrons. The van der Waals surface area contributed by atoms with Gasteiger partial charge in [-0.05, 0) is 55.0 Å². The van der Waals surface area contributed by atoms with Crippen LogP contribution in [0.2, 0.25) is 0 Å². The van der Waals surface area contributed by atoms with Crippen molar-refractivity contribution in [1.29, 1.82) is 0 Å². The predicted octanol–water partition coefficient (Wildman–Crippen LogP) is 3.00. The molecule has 1 heterocycles. The summed E-state index contributed by atoms with van der Waals surface area (Å²) in [6.07, 6.45) is 2.86. The van der Waals surface area contributed by atoms with Crippen molar-refractivity contribution in [3.63, 3.8) is 0 Å². The average Bonchev–Trinajstić information content (AvgIpc) is 3.02. The molecule has 31 heavy (non-hydrogen) atoms. The van der Waals surface area contributed by atoms with E-state index in [1.165, 1.54) is 5.56 Å². The number of imide groups is 1. The number of carbonyl (C=O) groups is 3. The number of methoxy groups -OCH3 is 1. The van der Waals surface area contributed by atoms with Crippen molar-refractivity contribution in [2.24, 2.45) is 0 Å². The van der Waals surface area contributed by atoms with E-state index in [0.717, 1.165) is 29.7 Å². The zero-order valence-electron chi connectivity index (χ0n) is 18.1. The molecule has 4 amide bonds. The van der Waals surface area contributed by atoms with Crippen molar-refractivity contribution in [2.45, 2.75) is 37.8 Å². The van der Waals surface area contributed by atoms with E-state index >= 15 is 0 Å². The first-order valence-electron chi connectivity index (χ1n) is 10.5. The number of urea groups is 1. The zero-order valence-corrected chi connectivity index (χ0v) is 18.1. The number of aryl methyl sites for hydroxylation is 1. The first kappa shape index (κ1) is 20.9. The Labute approximate surface area is 182 Å². The molecular formula is C24H27N3O4. The van der Waals surface area contributed by atoms with Crippen LogP contribution in [-0.4, -0.2) is 48.3 Å². The zero-order chi connectivity index (χ0) is 22.2. The van der Waals surface area contributed by atoms with Crippen LogP contribution in [0.25, 0.3) is 0 Å². The fourth-order valence-corrected chi connectivity index (χ4v) is 4.51. The van der Waals surface area contributed by atoms with E-state index in [9.17, 15) is 14.4 Å². The van der Waals surface area contributed by atoms with Crippen LogP contribution in [0.4, 0.5) is 4.79 Å². The lowest BCUT2D eigenvalue weighted by Crippen LogP contribution is -2.44. The lowest BCUT2D eigenvalue weighted by Gasteiger charge is -2.34. The van der Waals surface area contributed by atoms with Gasteiger partial charge in [-0.15, -0.1) is 0 Å². The number of carbonyl (C=O) groups excluding carboxylic acids is 3. The van der Waals surface area contributed by atoms with Gasteiger partial charge in [0.1, 0.15) is 17.8 Å². The fourth-order valence-electron chi connectivity index (χ4n) is 4.51. The highest BCUT2D eigenvalue weighted by molar-refractivity contribution is 6.09. The Kier molecular flexibility index (Phi) is 5.43. The third-order valence-electron chi connectivity index (χ3n) is 6.43. The number of ether oxygens (including phenoxy) is 1. The van der Waals surface area contributed by atoms with Crippen molar-refractivity contribution < 1.29 is 19.1 Å². The van der Waals surface area contributed by atoms with Gasteiger partial charge in [0, 0.05) is 7.05 Å². The Morgan fingerprint density at radius 2 is 1.90 bits per heavy atom. The Bertz CT molecular complexity index is 1020. The van der Waals surface area contributed by atoms with Crippen LogP contribution >= 0.6 is 0 Å². The minimum Gasteiger partial charge on any atom is -0.497 e. The van der Waals surface area contributed by atoms with Crippen molar-refractivity contribution >= 4 is 17.8 Å². The minimum atomic E-state index is -1.22. The van der Waals surface area contributed by atoms with E-state index in [2.05, 4.69) is 17.4 Å². The number of likely N-dealkylation sites (N-methyl/N-ethyl adjacent to an activating group) is 1. The molecule has 7 nitrogen and oxygen atoms in total. The maximum Gasteiger partial charge on any atom is 0.325 e. The molecule has 0 spiro atoms. The van der Waals surface area contributed by atoms with Crippen LogP contribution in [0.15, 0.2) is 48.5 Å². The molecule has 7 heteroatoms. The van der Waals surface area contributed by atoms with Gasteiger partial charge in [0.2, 0.25) is 5.91 Å². The highest BCUT2D eigenvalue weighted by atomic mass is 16.5. The number of rotatable bonds is 5. The number of hydrogen-bond acceptors (Lipinski definition) is 4. The minimum absolute atomic E-state index is 0.0498. The molecule has 2 aromatic carbocycles. The number of fused-ring (bicyclic) bond motifs is 1. The van der Waals surface area contributed by atoms with Gasteiger partial charge in [0.25, 0.3) is 5.91 Å². The van der Waals surface area contributed by atoms with Gasteiger partial charge in [-0.25, -0.2) is 4.79 Å². The standard InChI is InChI=1S/C24H27N3O4/c1-24(17-11-13-18(31-3)14-12-17)22(29)27(23(30)25-24)15-21(28)26(2)20-10-6-8-16-7-4-5-9-19(16)20/h4-5,7,9,11-14,20H,6,8,10,15H2,1-3H3,(H,25,30). The first-order chi connectivity index (χ1) is 14.8. The van der Waals surface area contributed by atoms with Crippen molar-refractivity contribution in [3.8, 4) is 5.75 Å². The maximum atomic E-state index is 13.2. The highest BCUT2D eigenvalue weighted by Gasteiger charge is 2.49. The Balaban J connectivity index is 1.51. The molecule has 1 aliphatic heterocycles. The second-order valence-electron chi connectivity index (χ2n) is 8.29. The van der Waals surface area contributed by atoms with Crippen LogP contribution in [0.1, 0.15) is 42.5 Å². The maximum absolute atomic E-state index is 13.2. The van der Waals surface area contributed by atoms with Gasteiger partial charge in [0.05, 0.1) is 13.2 Å². The third-order valence-corrected chi connectivity index (χ3v) is 6.43. The molecule has 1 fully saturated rings. The largest absolute Gasteiger partial charge is 0.497 e. The number of amides is 4. The summed E-state index contributed by atoms with van der Waals surface area (Å²) in [5.74, 6) is -0.0387. The normalized spacial score (nSPS) is 22.7. The van der Waals surface area contributed by atoms with Crippen molar-refractivity contribution in [2.75, 3.05) is 20.7 Å². The predicted molar refractivity (Wildman–Crippen MR) is 115 cm³/mol. The Hall–Kier alpha value is -3.35. The average molecular weight is 421 g/mol. The fraction of sp³-hybridized carbons (Fsp3) is 0.375. The molecular weight excluding hydrogens is 394 g/mol. The summed E-state index contributed by atoms with van der Waals surface area (Å²) < 4.78 is 5.16. The summed E-state index contributed by atoms with van der Waals surface area (Å²) in [6, 6.07) is 14.5. The van der Waals surface area contributed by atoms with Crippen LogP contribution < -0.4 is 10.1 Å². The van der Waals surface area contributed by atoms with Gasteiger partial charge in [-0.3, -0.25) is 14.5 Å². The molecule has 2 aromatic rings. The van der Waals surface area contributed by atoms with Gasteiger partial charge < -0.3 is 15.0 Å². The Morgan fingerprint density at radius 1 is 1.19 bits per heavy atom. The summed E-state index contributed by atoms with van der Waals surface area (Å²) in [5, 5.41) is 2.75. The molecule has 0 radical (unpaired) electrons. The van der Waals surface area contributed by atoms with E-state index < -0.39 is 17.5 Å². The second-order valence-corrected chi connectivity index (χ2v) is 8.29. The van der Waals surface area contributed by atoms with Gasteiger partial charge >= 0.3 is 6.03 Å². The molecule has 4 rings (SSSR count). The summed E-state index contributed by atoms with van der Waals surface area (Å²) in [6.45, 7) is 1.37.